The van der Waals surface area contributed by atoms with Gasteiger partial charge in [0.25, 0.3) is 0 Å². The van der Waals surface area contributed by atoms with E-state index in [0.29, 0.717) is 0 Å². The van der Waals surface area contributed by atoms with Crippen LogP contribution in [-0.4, -0.2) is 29.3 Å². The number of rotatable bonds is 4. The fraction of sp³-hybridized carbons (Fsp3) is 1.00. The lowest BCUT2D eigenvalue weighted by Crippen LogP contribution is -2.23. The van der Waals surface area contributed by atoms with E-state index in [-0.39, 0.29) is 0 Å². The average molecular weight is 195 g/mol. The molecule has 0 aliphatic rings. The lowest BCUT2D eigenvalue weighted by Gasteiger charge is -2.12. The van der Waals surface area contributed by atoms with Crippen molar-refractivity contribution in [2.24, 2.45) is 0 Å². The molecule has 0 saturated heterocycles. The quantitative estimate of drug-likeness (QED) is 0.686. The Morgan fingerprint density at radius 1 is 1.50 bits per heavy atom. The molecule has 3 atom stereocenters. The first-order valence-electron chi connectivity index (χ1n) is 2.39. The molecule has 10 heavy (non-hydrogen) atoms. The summed E-state index contributed by atoms with van der Waals surface area (Å²) in [6.45, 7) is -1.31. The number of halogens is 4. The zero-order chi connectivity index (χ0) is 8.15. The second-order valence-corrected chi connectivity index (χ2v) is 2.30. The summed E-state index contributed by atoms with van der Waals surface area (Å²) in [5.74, 6) is 0. The van der Waals surface area contributed by atoms with Gasteiger partial charge in [-0.3, -0.25) is 0 Å². The van der Waals surface area contributed by atoms with Gasteiger partial charge in [0.2, 0.25) is 6.36 Å². The highest BCUT2D eigenvalue weighted by Gasteiger charge is 2.18. The van der Waals surface area contributed by atoms with Crippen LogP contribution in [-0.2, 0) is 4.74 Å². The Morgan fingerprint density at radius 2 is 2.00 bits per heavy atom. The molecule has 2 nitrogen and oxygen atoms in total. The van der Waals surface area contributed by atoms with Crippen LogP contribution in [0.5, 0.6) is 0 Å². The minimum absolute atomic E-state index is 1.31. The van der Waals surface area contributed by atoms with Crippen molar-refractivity contribution in [1.82, 2.24) is 0 Å². The predicted molar refractivity (Wildman–Crippen MR) is 33.5 cm³/mol. The Labute approximate surface area is 66.7 Å². The fourth-order valence-electron chi connectivity index (χ4n) is 0.242. The highest BCUT2D eigenvalue weighted by atomic mass is 35.5. The van der Waals surface area contributed by atoms with Gasteiger partial charge >= 0.3 is 0 Å². The number of aliphatic hydroxyl groups excluding tert-OH is 1. The molecule has 0 saturated carbocycles. The summed E-state index contributed by atoms with van der Waals surface area (Å²) in [5.41, 5.74) is -2.96. The number of alkyl halides is 4. The van der Waals surface area contributed by atoms with Crippen LogP contribution >= 0.6 is 23.2 Å². The largest absolute Gasteiger partial charge is 0.374 e. The zero-order valence-corrected chi connectivity index (χ0v) is 6.32. The topological polar surface area (TPSA) is 29.5 Å². The molecule has 0 aliphatic carbocycles. The Bertz CT molecular complexity index is 93.3. The van der Waals surface area contributed by atoms with Gasteiger partial charge in [-0.2, -0.15) is 0 Å². The third-order valence-corrected chi connectivity index (χ3v) is 1.31. The zero-order valence-electron chi connectivity index (χ0n) is 4.81. The van der Waals surface area contributed by atoms with Gasteiger partial charge in [0.1, 0.15) is 6.67 Å². The molecule has 0 rings (SSSR count). The standard InChI is InChI=1S/C4H6Cl2F2O2/c5-3(9)4(6)10-2(8)1-7/h2-4,9H,1H2. The first-order chi connectivity index (χ1) is 4.57. The number of ether oxygens (including phenoxy) is 1. The first-order valence-corrected chi connectivity index (χ1v) is 3.27. The summed E-state index contributed by atoms with van der Waals surface area (Å²) in [4.78, 5) is 0. The SMILES string of the molecule is OC(Cl)C(Cl)OC(F)CF. The molecule has 0 spiro atoms. The monoisotopic (exact) mass is 194 g/mol. The minimum atomic E-state index is -2.13. The van der Waals surface area contributed by atoms with E-state index < -0.39 is 24.2 Å². The molecule has 0 bridgehead atoms. The van der Waals surface area contributed by atoms with Crippen molar-refractivity contribution in [2.75, 3.05) is 6.67 Å². The smallest absolute Gasteiger partial charge is 0.229 e. The van der Waals surface area contributed by atoms with E-state index in [1.165, 1.54) is 0 Å². The van der Waals surface area contributed by atoms with Crippen molar-refractivity contribution >= 4 is 23.2 Å². The molecule has 0 radical (unpaired) electrons. The summed E-state index contributed by atoms with van der Waals surface area (Å²) in [6.07, 6.45) is -2.13. The van der Waals surface area contributed by atoms with Gasteiger partial charge in [0.15, 0.2) is 11.1 Å². The maximum atomic E-state index is 11.9. The Morgan fingerprint density at radius 3 is 2.30 bits per heavy atom. The summed E-state index contributed by atoms with van der Waals surface area (Å²) in [6, 6.07) is 0. The van der Waals surface area contributed by atoms with Crippen LogP contribution in [0.1, 0.15) is 0 Å². The van der Waals surface area contributed by atoms with Gasteiger partial charge in [-0.05, 0) is 0 Å². The first kappa shape index (κ1) is 10.4. The molecule has 0 amide bonds. The third kappa shape index (κ3) is 4.22. The summed E-state index contributed by atoms with van der Waals surface area (Å²) in [5, 5.41) is 8.38. The van der Waals surface area contributed by atoms with Crippen LogP contribution in [0.25, 0.3) is 0 Å². The van der Waals surface area contributed by atoms with Crippen LogP contribution in [0.3, 0.4) is 0 Å². The van der Waals surface area contributed by atoms with Crippen LogP contribution in [0.2, 0.25) is 0 Å². The van der Waals surface area contributed by atoms with E-state index in [4.69, 9.17) is 28.3 Å². The van der Waals surface area contributed by atoms with Crippen LogP contribution in [0.15, 0.2) is 0 Å². The Balaban J connectivity index is 3.46. The molecule has 0 aromatic heterocycles. The molecule has 62 valence electrons. The molecule has 1 N–H and O–H groups in total. The van der Waals surface area contributed by atoms with Crippen molar-refractivity contribution in [3.8, 4) is 0 Å². The van der Waals surface area contributed by atoms with Gasteiger partial charge < -0.3 is 9.84 Å². The van der Waals surface area contributed by atoms with E-state index in [0.717, 1.165) is 0 Å². The van der Waals surface area contributed by atoms with Crippen LogP contribution < -0.4 is 0 Å². The normalized spacial score (nSPS) is 20.1. The molecule has 6 heteroatoms. The summed E-state index contributed by atoms with van der Waals surface area (Å²) >= 11 is 10.0. The number of aliphatic hydroxyl groups is 1. The van der Waals surface area contributed by atoms with Gasteiger partial charge in [-0.1, -0.05) is 23.2 Å². The molecular formula is C4H6Cl2F2O2. The van der Waals surface area contributed by atoms with E-state index in [1.54, 1.807) is 0 Å². The third-order valence-electron chi connectivity index (χ3n) is 0.615. The fourth-order valence-corrected chi connectivity index (χ4v) is 0.413. The molecule has 0 aromatic carbocycles. The molecule has 0 fully saturated rings. The highest BCUT2D eigenvalue weighted by molar-refractivity contribution is 6.28. The van der Waals surface area contributed by atoms with E-state index >= 15 is 0 Å². The van der Waals surface area contributed by atoms with Crippen molar-refractivity contribution < 1.29 is 18.6 Å². The summed E-state index contributed by atoms with van der Waals surface area (Å²) < 4.78 is 27.2. The van der Waals surface area contributed by atoms with Crippen molar-refractivity contribution in [2.45, 2.75) is 17.5 Å². The van der Waals surface area contributed by atoms with E-state index in [9.17, 15) is 8.78 Å². The van der Waals surface area contributed by atoms with Crippen LogP contribution in [0, 0.1) is 0 Å². The number of hydrogen-bond donors (Lipinski definition) is 1. The predicted octanol–water partition coefficient (Wildman–Crippen LogP) is 1.39. The van der Waals surface area contributed by atoms with Gasteiger partial charge in [-0.25, -0.2) is 8.78 Å². The second kappa shape index (κ2) is 5.07. The lowest BCUT2D eigenvalue weighted by atomic mass is 10.7. The van der Waals surface area contributed by atoms with Crippen LogP contribution in [0.4, 0.5) is 8.78 Å². The molecule has 0 aromatic rings. The Hall–Kier alpha value is 0.360. The highest BCUT2D eigenvalue weighted by Crippen LogP contribution is 2.11. The van der Waals surface area contributed by atoms with Crippen molar-refractivity contribution in [3.63, 3.8) is 0 Å². The summed E-state index contributed by atoms with van der Waals surface area (Å²) in [7, 11) is 0. The molecule has 3 unspecified atom stereocenters. The van der Waals surface area contributed by atoms with Crippen molar-refractivity contribution in [3.05, 3.63) is 0 Å². The van der Waals surface area contributed by atoms with E-state index in [1.807, 2.05) is 0 Å². The van der Waals surface area contributed by atoms with Gasteiger partial charge in [0, 0.05) is 0 Å². The number of hydrogen-bond acceptors (Lipinski definition) is 2. The molecular weight excluding hydrogens is 189 g/mol. The second-order valence-electron chi connectivity index (χ2n) is 1.42. The van der Waals surface area contributed by atoms with Crippen molar-refractivity contribution in [1.29, 1.82) is 0 Å². The molecule has 0 aliphatic heterocycles. The minimum Gasteiger partial charge on any atom is -0.374 e. The lowest BCUT2D eigenvalue weighted by molar-refractivity contribution is -0.0867. The molecule has 0 heterocycles. The average Bonchev–Trinajstić information content (AvgIpc) is 1.87. The maximum absolute atomic E-state index is 11.9. The maximum Gasteiger partial charge on any atom is 0.229 e. The Kier molecular flexibility index (Phi) is 5.25. The van der Waals surface area contributed by atoms with Gasteiger partial charge in [-0.15, -0.1) is 0 Å². The van der Waals surface area contributed by atoms with Gasteiger partial charge in [0.05, 0.1) is 0 Å². The van der Waals surface area contributed by atoms with E-state index in [2.05, 4.69) is 4.74 Å².